The highest BCUT2D eigenvalue weighted by atomic mass is 16.6. The lowest BCUT2D eigenvalue weighted by Crippen LogP contribution is -2.20. The van der Waals surface area contributed by atoms with Gasteiger partial charge in [-0.3, -0.25) is 9.59 Å². The molecule has 2 unspecified atom stereocenters. The van der Waals surface area contributed by atoms with E-state index in [4.69, 9.17) is 14.2 Å². The maximum Gasteiger partial charge on any atom is 0.308 e. The summed E-state index contributed by atoms with van der Waals surface area (Å²) in [5.74, 6) is -0.827. The predicted molar refractivity (Wildman–Crippen MR) is 71.6 cm³/mol. The summed E-state index contributed by atoms with van der Waals surface area (Å²) in [6.07, 6.45) is 2.07. The Hall–Kier alpha value is -1.10. The van der Waals surface area contributed by atoms with E-state index in [0.717, 1.165) is 6.42 Å². The molecule has 0 spiro atoms. The number of ether oxygens (including phenoxy) is 3. The van der Waals surface area contributed by atoms with E-state index in [-0.39, 0.29) is 30.4 Å². The third-order valence-electron chi connectivity index (χ3n) is 2.82. The second-order valence-corrected chi connectivity index (χ2v) is 4.71. The van der Waals surface area contributed by atoms with Crippen molar-refractivity contribution in [2.24, 2.45) is 11.8 Å². The number of hydrogen-bond donors (Lipinski definition) is 0. The van der Waals surface area contributed by atoms with Gasteiger partial charge in [-0.2, -0.15) is 0 Å². The molecule has 0 amide bonds. The standard InChI is InChI=1S/C14H26O5/c1-5-8-18-13(15)11(2)6-7-12(3)14(16)19-10-9-17-4/h11-12H,5-10H2,1-4H3. The summed E-state index contributed by atoms with van der Waals surface area (Å²) in [5.41, 5.74) is 0. The third-order valence-corrected chi connectivity index (χ3v) is 2.82. The van der Waals surface area contributed by atoms with Crippen molar-refractivity contribution in [1.29, 1.82) is 0 Å². The van der Waals surface area contributed by atoms with Crippen molar-refractivity contribution in [3.05, 3.63) is 0 Å². The van der Waals surface area contributed by atoms with Crippen LogP contribution in [0.1, 0.15) is 40.0 Å². The average molecular weight is 274 g/mol. The average Bonchev–Trinajstić information content (AvgIpc) is 2.41. The van der Waals surface area contributed by atoms with E-state index in [9.17, 15) is 9.59 Å². The molecule has 0 aliphatic carbocycles. The van der Waals surface area contributed by atoms with Crippen molar-refractivity contribution in [3.8, 4) is 0 Å². The summed E-state index contributed by atoms with van der Waals surface area (Å²) in [4.78, 5) is 23.1. The normalized spacial score (nSPS) is 13.7. The topological polar surface area (TPSA) is 61.8 Å². The summed E-state index contributed by atoms with van der Waals surface area (Å²) in [7, 11) is 1.56. The molecule has 0 fully saturated rings. The molecule has 0 N–H and O–H groups in total. The van der Waals surface area contributed by atoms with Crippen LogP contribution in [0.25, 0.3) is 0 Å². The first kappa shape index (κ1) is 17.9. The summed E-state index contributed by atoms with van der Waals surface area (Å²) in [5, 5.41) is 0. The number of hydrogen-bond acceptors (Lipinski definition) is 5. The summed E-state index contributed by atoms with van der Waals surface area (Å²) >= 11 is 0. The van der Waals surface area contributed by atoms with Crippen molar-refractivity contribution in [2.75, 3.05) is 26.9 Å². The largest absolute Gasteiger partial charge is 0.465 e. The Kier molecular flexibility index (Phi) is 10.2. The zero-order valence-electron chi connectivity index (χ0n) is 12.4. The first-order valence-electron chi connectivity index (χ1n) is 6.85. The molecule has 0 aromatic rings. The van der Waals surface area contributed by atoms with Crippen molar-refractivity contribution in [1.82, 2.24) is 0 Å². The molecule has 0 aromatic carbocycles. The molecule has 0 bridgehead atoms. The van der Waals surface area contributed by atoms with Crippen LogP contribution in [0.5, 0.6) is 0 Å². The Morgan fingerprint density at radius 3 is 1.79 bits per heavy atom. The SMILES string of the molecule is CCCOC(=O)C(C)CCC(C)C(=O)OCCOC. The summed E-state index contributed by atoms with van der Waals surface area (Å²) in [6.45, 7) is 6.71. The van der Waals surface area contributed by atoms with E-state index >= 15 is 0 Å². The number of esters is 2. The van der Waals surface area contributed by atoms with E-state index in [1.807, 2.05) is 13.8 Å². The van der Waals surface area contributed by atoms with Crippen LogP contribution in [0.4, 0.5) is 0 Å². The smallest absolute Gasteiger partial charge is 0.308 e. The number of rotatable bonds is 10. The Labute approximate surface area is 115 Å². The van der Waals surface area contributed by atoms with E-state index in [2.05, 4.69) is 0 Å². The Morgan fingerprint density at radius 2 is 1.37 bits per heavy atom. The first-order chi connectivity index (χ1) is 9.02. The van der Waals surface area contributed by atoms with Gasteiger partial charge in [0.15, 0.2) is 0 Å². The van der Waals surface area contributed by atoms with E-state index in [1.54, 1.807) is 14.0 Å². The van der Waals surface area contributed by atoms with Crippen molar-refractivity contribution in [2.45, 2.75) is 40.0 Å². The molecule has 0 aliphatic rings. The summed E-state index contributed by atoms with van der Waals surface area (Å²) in [6, 6.07) is 0. The van der Waals surface area contributed by atoms with Crippen LogP contribution in [-0.2, 0) is 23.8 Å². The molecule has 0 rings (SSSR count). The number of methoxy groups -OCH3 is 1. The van der Waals surface area contributed by atoms with Crippen molar-refractivity contribution >= 4 is 11.9 Å². The molecule has 0 aromatic heterocycles. The molecule has 112 valence electrons. The molecule has 19 heavy (non-hydrogen) atoms. The minimum absolute atomic E-state index is 0.180. The Balaban J connectivity index is 3.84. The maximum absolute atomic E-state index is 11.6. The van der Waals surface area contributed by atoms with Crippen molar-refractivity contribution < 1.29 is 23.8 Å². The van der Waals surface area contributed by atoms with Gasteiger partial charge in [-0.1, -0.05) is 20.8 Å². The van der Waals surface area contributed by atoms with Gasteiger partial charge in [0.25, 0.3) is 0 Å². The molecule has 0 heterocycles. The lowest BCUT2D eigenvalue weighted by molar-refractivity contribution is -0.151. The van der Waals surface area contributed by atoms with Crippen LogP contribution in [0, 0.1) is 11.8 Å². The highest BCUT2D eigenvalue weighted by Gasteiger charge is 2.19. The van der Waals surface area contributed by atoms with Crippen LogP contribution in [0.3, 0.4) is 0 Å². The molecule has 2 atom stereocenters. The second kappa shape index (κ2) is 10.8. The van der Waals surface area contributed by atoms with Crippen LogP contribution < -0.4 is 0 Å². The number of carbonyl (C=O) groups is 2. The molecular formula is C14H26O5. The van der Waals surface area contributed by atoms with Crippen LogP contribution >= 0.6 is 0 Å². The van der Waals surface area contributed by atoms with E-state index in [0.29, 0.717) is 26.1 Å². The Morgan fingerprint density at radius 1 is 0.895 bits per heavy atom. The minimum Gasteiger partial charge on any atom is -0.465 e. The lowest BCUT2D eigenvalue weighted by atomic mass is 9.98. The first-order valence-corrected chi connectivity index (χ1v) is 6.85. The predicted octanol–water partition coefficient (Wildman–Crippen LogP) is 2.18. The fraction of sp³-hybridized carbons (Fsp3) is 0.857. The molecule has 5 nitrogen and oxygen atoms in total. The van der Waals surface area contributed by atoms with Gasteiger partial charge >= 0.3 is 11.9 Å². The zero-order valence-corrected chi connectivity index (χ0v) is 12.4. The van der Waals surface area contributed by atoms with Gasteiger partial charge in [0.05, 0.1) is 25.0 Å². The zero-order chi connectivity index (χ0) is 14.7. The Bertz CT molecular complexity index is 265. The highest BCUT2D eigenvalue weighted by Crippen LogP contribution is 2.15. The summed E-state index contributed by atoms with van der Waals surface area (Å²) < 4.78 is 14.9. The van der Waals surface area contributed by atoms with Gasteiger partial charge in [-0.05, 0) is 19.3 Å². The third kappa shape index (κ3) is 8.59. The van der Waals surface area contributed by atoms with Crippen LogP contribution in [0.15, 0.2) is 0 Å². The van der Waals surface area contributed by atoms with Crippen LogP contribution in [-0.4, -0.2) is 38.9 Å². The van der Waals surface area contributed by atoms with Gasteiger partial charge in [0.1, 0.15) is 6.61 Å². The molecular weight excluding hydrogens is 248 g/mol. The quantitative estimate of drug-likeness (QED) is 0.451. The van der Waals surface area contributed by atoms with Crippen LogP contribution in [0.2, 0.25) is 0 Å². The van der Waals surface area contributed by atoms with Gasteiger partial charge in [-0.15, -0.1) is 0 Å². The molecule has 0 saturated carbocycles. The second-order valence-electron chi connectivity index (χ2n) is 4.71. The van der Waals surface area contributed by atoms with Gasteiger partial charge in [0.2, 0.25) is 0 Å². The molecule has 0 aliphatic heterocycles. The minimum atomic E-state index is -0.244. The monoisotopic (exact) mass is 274 g/mol. The van der Waals surface area contributed by atoms with Gasteiger partial charge < -0.3 is 14.2 Å². The maximum atomic E-state index is 11.6. The molecule has 0 saturated heterocycles. The fourth-order valence-corrected chi connectivity index (χ4v) is 1.45. The lowest BCUT2D eigenvalue weighted by Gasteiger charge is -2.14. The van der Waals surface area contributed by atoms with E-state index in [1.165, 1.54) is 0 Å². The van der Waals surface area contributed by atoms with Gasteiger partial charge in [0, 0.05) is 7.11 Å². The molecule has 0 radical (unpaired) electrons. The highest BCUT2D eigenvalue weighted by molar-refractivity contribution is 5.73. The van der Waals surface area contributed by atoms with Crippen molar-refractivity contribution in [3.63, 3.8) is 0 Å². The number of carbonyl (C=O) groups excluding carboxylic acids is 2. The molecule has 5 heteroatoms. The fourth-order valence-electron chi connectivity index (χ4n) is 1.45. The van der Waals surface area contributed by atoms with E-state index < -0.39 is 0 Å². The van der Waals surface area contributed by atoms with Gasteiger partial charge in [-0.25, -0.2) is 0 Å².